The van der Waals surface area contributed by atoms with Crippen LogP contribution in [0, 0.1) is 0 Å². The van der Waals surface area contributed by atoms with Gasteiger partial charge in [-0.1, -0.05) is 13.3 Å². The number of nitrogens with one attached hydrogen (secondary N) is 1. The molecule has 0 saturated carbocycles. The minimum absolute atomic E-state index is 0.237. The van der Waals surface area contributed by atoms with E-state index >= 15 is 0 Å². The Morgan fingerprint density at radius 3 is 2.47 bits per heavy atom. The van der Waals surface area contributed by atoms with E-state index in [1.54, 1.807) is 18.2 Å². The molecule has 17 heavy (non-hydrogen) atoms. The van der Waals surface area contributed by atoms with Gasteiger partial charge in [-0.05, 0) is 24.6 Å². The molecule has 0 aliphatic heterocycles. The zero-order valence-electron chi connectivity index (χ0n) is 9.94. The molecule has 1 rings (SSSR count). The molecule has 1 aromatic carbocycles. The van der Waals surface area contributed by atoms with Crippen molar-refractivity contribution in [3.8, 4) is 0 Å². The maximum absolute atomic E-state index is 11.7. The lowest BCUT2D eigenvalue weighted by atomic mass is 10.1. The predicted molar refractivity (Wildman–Crippen MR) is 68.5 cm³/mol. The summed E-state index contributed by atoms with van der Waals surface area (Å²) in [6.45, 7) is 2.21. The second kappa shape index (κ2) is 6.10. The molecule has 1 aromatic rings. The van der Waals surface area contributed by atoms with Crippen molar-refractivity contribution in [1.29, 1.82) is 0 Å². The third-order valence-corrected chi connectivity index (χ3v) is 2.36. The Bertz CT molecular complexity index is 373. The van der Waals surface area contributed by atoms with Crippen molar-refractivity contribution in [2.24, 2.45) is 0 Å². The van der Waals surface area contributed by atoms with E-state index in [0.717, 1.165) is 6.42 Å². The van der Waals surface area contributed by atoms with Crippen LogP contribution in [0.2, 0.25) is 0 Å². The number of nitrogen functional groups attached to an aromatic ring is 2. The molecule has 94 valence electrons. The van der Waals surface area contributed by atoms with Crippen LogP contribution in [0.3, 0.4) is 0 Å². The Morgan fingerprint density at radius 2 is 1.94 bits per heavy atom. The molecule has 0 spiro atoms. The van der Waals surface area contributed by atoms with Crippen molar-refractivity contribution < 1.29 is 9.90 Å². The van der Waals surface area contributed by atoms with Crippen molar-refractivity contribution in [3.63, 3.8) is 0 Å². The number of hydrogen-bond donors (Lipinski definition) is 4. The summed E-state index contributed by atoms with van der Waals surface area (Å²) in [6, 6.07) is 4.69. The zero-order valence-corrected chi connectivity index (χ0v) is 9.94. The van der Waals surface area contributed by atoms with Gasteiger partial charge in [0.25, 0.3) is 5.91 Å². The van der Waals surface area contributed by atoms with Crippen LogP contribution < -0.4 is 16.8 Å². The maximum Gasteiger partial charge on any atom is 0.251 e. The molecular formula is C12H19N3O2. The highest BCUT2D eigenvalue weighted by Crippen LogP contribution is 2.13. The average Bonchev–Trinajstić information content (AvgIpc) is 2.25. The third-order valence-electron chi connectivity index (χ3n) is 2.36. The van der Waals surface area contributed by atoms with Gasteiger partial charge in [0, 0.05) is 23.5 Å². The topological polar surface area (TPSA) is 101 Å². The second-order valence-electron chi connectivity index (χ2n) is 4.04. The van der Waals surface area contributed by atoms with Gasteiger partial charge in [-0.2, -0.15) is 0 Å². The normalized spacial score (nSPS) is 12.1. The molecule has 6 N–H and O–H groups in total. The fraction of sp³-hybridized carbons (Fsp3) is 0.417. The molecule has 0 aromatic heterocycles. The molecule has 0 radical (unpaired) electrons. The van der Waals surface area contributed by atoms with Crippen LogP contribution in [0.25, 0.3) is 0 Å². The molecular weight excluding hydrogens is 218 g/mol. The van der Waals surface area contributed by atoms with Gasteiger partial charge in [-0.15, -0.1) is 0 Å². The van der Waals surface area contributed by atoms with E-state index in [-0.39, 0.29) is 12.5 Å². The summed E-state index contributed by atoms with van der Waals surface area (Å²) in [4.78, 5) is 11.7. The smallest absolute Gasteiger partial charge is 0.251 e. The number of anilines is 2. The van der Waals surface area contributed by atoms with E-state index in [9.17, 15) is 9.90 Å². The third kappa shape index (κ3) is 4.32. The number of carbonyl (C=O) groups is 1. The van der Waals surface area contributed by atoms with Crippen molar-refractivity contribution in [2.45, 2.75) is 25.9 Å². The van der Waals surface area contributed by atoms with Gasteiger partial charge in [-0.3, -0.25) is 4.79 Å². The van der Waals surface area contributed by atoms with Gasteiger partial charge in [-0.25, -0.2) is 0 Å². The first-order valence-corrected chi connectivity index (χ1v) is 5.65. The summed E-state index contributed by atoms with van der Waals surface area (Å²) in [5, 5.41) is 12.1. The minimum atomic E-state index is -0.512. The quantitative estimate of drug-likeness (QED) is 0.567. The lowest BCUT2D eigenvalue weighted by Gasteiger charge is -2.11. The Morgan fingerprint density at radius 1 is 1.35 bits per heavy atom. The van der Waals surface area contributed by atoms with Gasteiger partial charge < -0.3 is 21.9 Å². The summed E-state index contributed by atoms with van der Waals surface area (Å²) in [7, 11) is 0. The van der Waals surface area contributed by atoms with Crippen molar-refractivity contribution in [3.05, 3.63) is 23.8 Å². The predicted octanol–water partition coefficient (Wildman–Crippen LogP) is 0.742. The number of nitrogens with two attached hydrogens (primary N) is 2. The number of rotatable bonds is 5. The fourth-order valence-corrected chi connectivity index (χ4v) is 1.56. The van der Waals surface area contributed by atoms with Gasteiger partial charge in [0.2, 0.25) is 0 Å². The number of carbonyl (C=O) groups excluding carboxylic acids is 1. The second-order valence-corrected chi connectivity index (χ2v) is 4.04. The van der Waals surface area contributed by atoms with E-state index in [1.807, 2.05) is 6.92 Å². The van der Waals surface area contributed by atoms with E-state index < -0.39 is 6.10 Å². The zero-order chi connectivity index (χ0) is 12.8. The number of benzene rings is 1. The SMILES string of the molecule is CCCC(O)CNC(=O)c1cc(N)cc(N)c1. The van der Waals surface area contributed by atoms with E-state index in [0.29, 0.717) is 23.4 Å². The standard InChI is InChI=1S/C12H19N3O2/c1-2-3-11(16)7-15-12(17)8-4-9(13)6-10(14)5-8/h4-6,11,16H,2-3,7,13-14H2,1H3,(H,15,17). The molecule has 0 bridgehead atoms. The molecule has 1 amide bonds. The minimum Gasteiger partial charge on any atom is -0.399 e. The molecule has 0 heterocycles. The largest absolute Gasteiger partial charge is 0.399 e. The molecule has 5 heteroatoms. The number of aliphatic hydroxyl groups is 1. The van der Waals surface area contributed by atoms with Crippen LogP contribution >= 0.6 is 0 Å². The monoisotopic (exact) mass is 237 g/mol. The Balaban J connectivity index is 2.58. The van der Waals surface area contributed by atoms with Crippen LogP contribution in [0.4, 0.5) is 11.4 Å². The van der Waals surface area contributed by atoms with Crippen LogP contribution in [0.15, 0.2) is 18.2 Å². The first-order valence-electron chi connectivity index (χ1n) is 5.65. The van der Waals surface area contributed by atoms with E-state index in [2.05, 4.69) is 5.32 Å². The molecule has 0 aliphatic carbocycles. The maximum atomic E-state index is 11.7. The molecule has 0 fully saturated rings. The Hall–Kier alpha value is -1.75. The first-order chi connectivity index (χ1) is 8.02. The Kier molecular flexibility index (Phi) is 4.78. The highest BCUT2D eigenvalue weighted by atomic mass is 16.3. The summed E-state index contributed by atoms with van der Waals surface area (Å²) < 4.78 is 0. The first kappa shape index (κ1) is 13.3. The van der Waals surface area contributed by atoms with Crippen molar-refractivity contribution in [2.75, 3.05) is 18.0 Å². The summed E-state index contributed by atoms with van der Waals surface area (Å²) >= 11 is 0. The van der Waals surface area contributed by atoms with Crippen LogP contribution in [0.1, 0.15) is 30.1 Å². The molecule has 0 saturated heterocycles. The van der Waals surface area contributed by atoms with Gasteiger partial charge in [0.15, 0.2) is 0 Å². The van der Waals surface area contributed by atoms with Gasteiger partial charge in [0.05, 0.1) is 6.10 Å². The van der Waals surface area contributed by atoms with Gasteiger partial charge >= 0.3 is 0 Å². The highest BCUT2D eigenvalue weighted by molar-refractivity contribution is 5.96. The van der Waals surface area contributed by atoms with Crippen molar-refractivity contribution >= 4 is 17.3 Å². The lowest BCUT2D eigenvalue weighted by Crippen LogP contribution is -2.32. The van der Waals surface area contributed by atoms with Crippen LogP contribution in [-0.4, -0.2) is 23.7 Å². The number of aliphatic hydroxyl groups excluding tert-OH is 1. The highest BCUT2D eigenvalue weighted by Gasteiger charge is 2.09. The van der Waals surface area contributed by atoms with Crippen LogP contribution in [0.5, 0.6) is 0 Å². The molecule has 5 nitrogen and oxygen atoms in total. The summed E-state index contributed by atoms with van der Waals surface area (Å²) in [5.41, 5.74) is 12.5. The van der Waals surface area contributed by atoms with E-state index in [1.165, 1.54) is 0 Å². The molecule has 1 unspecified atom stereocenters. The Labute approximate surface area is 101 Å². The average molecular weight is 237 g/mol. The molecule has 1 atom stereocenters. The lowest BCUT2D eigenvalue weighted by molar-refractivity contribution is 0.0910. The van der Waals surface area contributed by atoms with Crippen LogP contribution in [-0.2, 0) is 0 Å². The van der Waals surface area contributed by atoms with Crippen molar-refractivity contribution in [1.82, 2.24) is 5.32 Å². The fourth-order valence-electron chi connectivity index (χ4n) is 1.56. The number of hydrogen-bond acceptors (Lipinski definition) is 4. The summed E-state index contributed by atoms with van der Waals surface area (Å²) in [5.74, 6) is -0.279. The van der Waals surface area contributed by atoms with E-state index in [4.69, 9.17) is 11.5 Å². The summed E-state index contributed by atoms with van der Waals surface area (Å²) in [6.07, 6.45) is 1.03. The molecule has 0 aliphatic rings. The number of amides is 1. The van der Waals surface area contributed by atoms with Gasteiger partial charge in [0.1, 0.15) is 0 Å².